The molecule has 0 saturated heterocycles. The van der Waals surface area contributed by atoms with Crippen LogP contribution in [-0.2, 0) is 4.79 Å². The van der Waals surface area contributed by atoms with Gasteiger partial charge >= 0.3 is 0 Å². The molecule has 10 heavy (non-hydrogen) atoms. The lowest BCUT2D eigenvalue weighted by atomic mass is 10.3. The number of carbonyl (C=O) groups is 1. The average molecular weight is 137 g/mol. The summed E-state index contributed by atoms with van der Waals surface area (Å²) in [5.41, 5.74) is 0. The Hall–Kier alpha value is -0.970. The topological polar surface area (TPSA) is 29.1 Å². The number of carbonyl (C=O) groups excluding carboxylic acids is 1. The first-order chi connectivity index (χ1) is 4.75. The zero-order valence-electron chi connectivity index (χ0n) is 6.05. The summed E-state index contributed by atoms with van der Waals surface area (Å²) in [6.45, 7) is 2.43. The molecule has 0 aromatic carbocycles. The molecule has 0 radical (unpaired) electrons. The molecule has 2 atom stereocenters. The highest BCUT2D eigenvalue weighted by atomic mass is 16.2. The molecule has 0 unspecified atom stereocenters. The largest absolute Gasteiger partial charge is 0.345 e. The molecule has 0 bridgehead atoms. The third-order valence-corrected chi connectivity index (χ3v) is 1.81. The van der Waals surface area contributed by atoms with Gasteiger partial charge in [0.1, 0.15) is 0 Å². The van der Waals surface area contributed by atoms with Crippen molar-refractivity contribution < 1.29 is 4.79 Å². The zero-order chi connectivity index (χ0) is 7.56. The standard InChI is InChI=1S/C8H11NO/c1-3-4-9-8(10)7-5-6(7)2/h1,6-7H,4-5H2,2H3,(H,9,10)/t6-,7+/m1/s1. The van der Waals surface area contributed by atoms with Crippen LogP contribution in [-0.4, -0.2) is 12.5 Å². The Labute approximate surface area is 61.0 Å². The minimum atomic E-state index is 0.116. The van der Waals surface area contributed by atoms with Crippen molar-refractivity contribution in [2.24, 2.45) is 11.8 Å². The fourth-order valence-corrected chi connectivity index (χ4v) is 0.957. The Bertz CT molecular complexity index is 180. The number of hydrogen-bond donors (Lipinski definition) is 1. The van der Waals surface area contributed by atoms with Crippen molar-refractivity contribution in [3.63, 3.8) is 0 Å². The molecule has 1 aliphatic rings. The summed E-state index contributed by atoms with van der Waals surface area (Å²) < 4.78 is 0. The van der Waals surface area contributed by atoms with E-state index in [1.165, 1.54) is 0 Å². The van der Waals surface area contributed by atoms with Gasteiger partial charge in [-0.25, -0.2) is 0 Å². The molecule has 1 fully saturated rings. The van der Waals surface area contributed by atoms with Crippen molar-refractivity contribution in [1.29, 1.82) is 0 Å². The summed E-state index contributed by atoms with van der Waals surface area (Å²) >= 11 is 0. The SMILES string of the molecule is C#CCNC(=O)[C@H]1C[C@H]1C. The predicted molar refractivity (Wildman–Crippen MR) is 39.1 cm³/mol. The van der Waals surface area contributed by atoms with E-state index in [4.69, 9.17) is 6.42 Å². The van der Waals surface area contributed by atoms with Gasteiger partial charge in [-0.3, -0.25) is 4.79 Å². The van der Waals surface area contributed by atoms with Crippen LogP contribution < -0.4 is 5.32 Å². The second-order valence-corrected chi connectivity index (χ2v) is 2.74. The van der Waals surface area contributed by atoms with Gasteiger partial charge in [0, 0.05) is 5.92 Å². The lowest BCUT2D eigenvalue weighted by Gasteiger charge is -1.96. The van der Waals surface area contributed by atoms with Gasteiger partial charge in [-0.2, -0.15) is 0 Å². The lowest BCUT2D eigenvalue weighted by molar-refractivity contribution is -0.122. The summed E-state index contributed by atoms with van der Waals surface area (Å²) in [6.07, 6.45) is 5.99. The van der Waals surface area contributed by atoms with Crippen LogP contribution in [0, 0.1) is 24.2 Å². The summed E-state index contributed by atoms with van der Waals surface area (Å²) in [4.78, 5) is 11.0. The van der Waals surface area contributed by atoms with Crippen LogP contribution in [0.15, 0.2) is 0 Å². The van der Waals surface area contributed by atoms with E-state index < -0.39 is 0 Å². The van der Waals surface area contributed by atoms with Gasteiger partial charge in [-0.15, -0.1) is 6.42 Å². The second-order valence-electron chi connectivity index (χ2n) is 2.74. The van der Waals surface area contributed by atoms with Gasteiger partial charge in [0.15, 0.2) is 0 Å². The van der Waals surface area contributed by atoms with E-state index in [0.29, 0.717) is 12.5 Å². The van der Waals surface area contributed by atoms with Crippen molar-refractivity contribution in [3.8, 4) is 12.3 Å². The maximum absolute atomic E-state index is 11.0. The molecule has 0 spiro atoms. The average Bonchev–Trinajstić information content (AvgIpc) is 2.62. The monoisotopic (exact) mass is 137 g/mol. The fraction of sp³-hybridized carbons (Fsp3) is 0.625. The molecule has 0 aliphatic heterocycles. The molecule has 0 heterocycles. The number of nitrogens with one attached hydrogen (secondary N) is 1. The molecule has 1 rings (SSSR count). The van der Waals surface area contributed by atoms with E-state index in [9.17, 15) is 4.79 Å². The molecule has 2 heteroatoms. The molecule has 1 saturated carbocycles. The van der Waals surface area contributed by atoms with Crippen LogP contribution >= 0.6 is 0 Å². The van der Waals surface area contributed by atoms with Crippen molar-refractivity contribution in [3.05, 3.63) is 0 Å². The third kappa shape index (κ3) is 1.51. The summed E-state index contributed by atoms with van der Waals surface area (Å²) in [7, 11) is 0. The molecule has 54 valence electrons. The minimum absolute atomic E-state index is 0.116. The van der Waals surface area contributed by atoms with Crippen LogP contribution in [0.25, 0.3) is 0 Å². The zero-order valence-corrected chi connectivity index (χ0v) is 6.05. The Morgan fingerprint density at radius 2 is 2.50 bits per heavy atom. The van der Waals surface area contributed by atoms with Gasteiger partial charge in [0.25, 0.3) is 0 Å². The van der Waals surface area contributed by atoms with Crippen LogP contribution in [0.3, 0.4) is 0 Å². The Morgan fingerprint density at radius 3 is 2.90 bits per heavy atom. The van der Waals surface area contributed by atoms with Gasteiger partial charge in [0.05, 0.1) is 6.54 Å². The third-order valence-electron chi connectivity index (χ3n) is 1.81. The lowest BCUT2D eigenvalue weighted by Crippen LogP contribution is -2.25. The highest BCUT2D eigenvalue weighted by Gasteiger charge is 2.38. The maximum atomic E-state index is 11.0. The fourth-order valence-electron chi connectivity index (χ4n) is 0.957. The first-order valence-electron chi connectivity index (χ1n) is 3.47. The summed E-state index contributed by atoms with van der Waals surface area (Å²) in [5, 5.41) is 2.65. The van der Waals surface area contributed by atoms with Crippen LogP contribution in [0.5, 0.6) is 0 Å². The number of hydrogen-bond acceptors (Lipinski definition) is 1. The highest BCUT2D eigenvalue weighted by molar-refractivity contribution is 5.81. The van der Waals surface area contributed by atoms with Gasteiger partial charge < -0.3 is 5.32 Å². The van der Waals surface area contributed by atoms with Gasteiger partial charge in [-0.1, -0.05) is 12.8 Å². The van der Waals surface area contributed by atoms with Gasteiger partial charge in [-0.05, 0) is 12.3 Å². The van der Waals surface area contributed by atoms with Crippen molar-refractivity contribution in [1.82, 2.24) is 5.32 Å². The molecule has 1 amide bonds. The molecule has 1 aliphatic carbocycles. The summed E-state index contributed by atoms with van der Waals surface area (Å²) in [5.74, 6) is 3.29. The molecule has 0 aromatic rings. The Balaban J connectivity index is 2.18. The van der Waals surface area contributed by atoms with E-state index in [1.807, 2.05) is 0 Å². The highest BCUT2D eigenvalue weighted by Crippen LogP contribution is 2.37. The van der Waals surface area contributed by atoms with E-state index in [0.717, 1.165) is 6.42 Å². The first-order valence-corrected chi connectivity index (χ1v) is 3.47. The smallest absolute Gasteiger partial charge is 0.224 e. The van der Waals surface area contributed by atoms with Crippen molar-refractivity contribution in [2.75, 3.05) is 6.54 Å². The minimum Gasteiger partial charge on any atom is -0.345 e. The quantitative estimate of drug-likeness (QED) is 0.548. The molecule has 0 aromatic heterocycles. The van der Waals surface area contributed by atoms with Crippen molar-refractivity contribution >= 4 is 5.91 Å². The maximum Gasteiger partial charge on any atom is 0.224 e. The second kappa shape index (κ2) is 2.74. The summed E-state index contributed by atoms with van der Waals surface area (Å²) in [6, 6.07) is 0. The van der Waals surface area contributed by atoms with E-state index in [1.54, 1.807) is 0 Å². The predicted octanol–water partition coefficient (Wildman–Crippen LogP) is 0.392. The van der Waals surface area contributed by atoms with Crippen LogP contribution in [0.4, 0.5) is 0 Å². The Morgan fingerprint density at radius 1 is 1.90 bits per heavy atom. The Kier molecular flexibility index (Phi) is 1.96. The normalized spacial score (nSPS) is 28.8. The molecule has 2 nitrogen and oxygen atoms in total. The number of terminal acetylenes is 1. The number of rotatable bonds is 2. The molecular formula is C8H11NO. The van der Waals surface area contributed by atoms with E-state index in [2.05, 4.69) is 18.2 Å². The van der Waals surface area contributed by atoms with Crippen LogP contribution in [0.1, 0.15) is 13.3 Å². The molecular weight excluding hydrogens is 126 g/mol. The van der Waals surface area contributed by atoms with E-state index >= 15 is 0 Å². The van der Waals surface area contributed by atoms with E-state index in [-0.39, 0.29) is 11.8 Å². The van der Waals surface area contributed by atoms with Crippen LogP contribution in [0.2, 0.25) is 0 Å². The number of amides is 1. The van der Waals surface area contributed by atoms with Gasteiger partial charge in [0.2, 0.25) is 5.91 Å². The molecule has 1 N–H and O–H groups in total. The first kappa shape index (κ1) is 7.14. The van der Waals surface area contributed by atoms with Crippen molar-refractivity contribution in [2.45, 2.75) is 13.3 Å².